The van der Waals surface area contributed by atoms with Gasteiger partial charge >= 0.3 is 0 Å². The summed E-state index contributed by atoms with van der Waals surface area (Å²) in [7, 11) is 0. The van der Waals surface area contributed by atoms with Gasteiger partial charge in [0, 0.05) is 30.7 Å². The van der Waals surface area contributed by atoms with Crippen molar-refractivity contribution in [2.75, 3.05) is 19.7 Å². The minimum Gasteiger partial charge on any atom is -0.373 e. The fourth-order valence-electron chi connectivity index (χ4n) is 2.45. The van der Waals surface area contributed by atoms with Crippen LogP contribution in [0.25, 0.3) is 0 Å². The first-order valence-electron chi connectivity index (χ1n) is 5.87. The van der Waals surface area contributed by atoms with E-state index in [4.69, 9.17) is 10.5 Å². The van der Waals surface area contributed by atoms with Crippen LogP contribution in [0.5, 0.6) is 0 Å². The summed E-state index contributed by atoms with van der Waals surface area (Å²) in [5.74, 6) is 0. The van der Waals surface area contributed by atoms with E-state index < -0.39 is 0 Å². The molecule has 2 heterocycles. The van der Waals surface area contributed by atoms with Crippen molar-refractivity contribution in [1.29, 1.82) is 0 Å². The molecule has 1 aliphatic heterocycles. The largest absolute Gasteiger partial charge is 0.373 e. The maximum atomic E-state index is 5.81. The van der Waals surface area contributed by atoms with Gasteiger partial charge in [0.25, 0.3) is 0 Å². The van der Waals surface area contributed by atoms with Crippen molar-refractivity contribution in [1.82, 2.24) is 9.88 Å². The van der Waals surface area contributed by atoms with Crippen molar-refractivity contribution in [3.63, 3.8) is 0 Å². The summed E-state index contributed by atoms with van der Waals surface area (Å²) >= 11 is 1.71. The fourth-order valence-corrected chi connectivity index (χ4v) is 3.26. The molecule has 2 fully saturated rings. The summed E-state index contributed by atoms with van der Waals surface area (Å²) in [6, 6.07) is 1.03. The van der Waals surface area contributed by atoms with Crippen molar-refractivity contribution >= 4 is 11.3 Å². The van der Waals surface area contributed by atoms with E-state index in [1.165, 1.54) is 12.8 Å². The van der Waals surface area contributed by atoms with Crippen LogP contribution >= 0.6 is 11.3 Å². The highest BCUT2D eigenvalue weighted by Gasteiger charge is 2.41. The van der Waals surface area contributed by atoms with Gasteiger partial charge in [-0.1, -0.05) is 0 Å². The molecule has 2 N–H and O–H groups in total. The molecule has 0 aromatic carbocycles. The number of ether oxygens (including phenoxy) is 1. The summed E-state index contributed by atoms with van der Waals surface area (Å²) in [5.41, 5.74) is 5.81. The van der Waals surface area contributed by atoms with Gasteiger partial charge < -0.3 is 10.5 Å². The molecule has 4 nitrogen and oxygen atoms in total. The van der Waals surface area contributed by atoms with Crippen LogP contribution in [-0.2, 0) is 4.74 Å². The Labute approximate surface area is 99.4 Å². The highest BCUT2D eigenvalue weighted by molar-refractivity contribution is 7.09. The lowest BCUT2D eigenvalue weighted by atomic mass is 10.1. The Morgan fingerprint density at radius 2 is 2.44 bits per heavy atom. The van der Waals surface area contributed by atoms with Crippen molar-refractivity contribution in [2.45, 2.75) is 31.0 Å². The van der Waals surface area contributed by atoms with Crippen LogP contribution in [0.4, 0.5) is 0 Å². The number of rotatable bonds is 3. The van der Waals surface area contributed by atoms with Crippen LogP contribution in [0.1, 0.15) is 23.9 Å². The van der Waals surface area contributed by atoms with E-state index in [-0.39, 0.29) is 12.1 Å². The van der Waals surface area contributed by atoms with Crippen LogP contribution in [0.15, 0.2) is 11.6 Å². The Bertz CT molecular complexity index is 339. The Morgan fingerprint density at radius 3 is 3.06 bits per heavy atom. The number of aromatic nitrogens is 1. The molecule has 1 saturated carbocycles. The van der Waals surface area contributed by atoms with E-state index in [1.54, 1.807) is 11.3 Å². The number of nitrogens with two attached hydrogens (primary N) is 1. The summed E-state index contributed by atoms with van der Waals surface area (Å²) in [4.78, 5) is 6.98. The normalized spacial score (nSPS) is 31.8. The summed E-state index contributed by atoms with van der Waals surface area (Å²) in [6.07, 6.45) is 4.62. The Balaban J connectivity index is 1.86. The van der Waals surface area contributed by atoms with E-state index in [0.717, 1.165) is 24.2 Å². The van der Waals surface area contributed by atoms with Gasteiger partial charge in [0.15, 0.2) is 0 Å². The van der Waals surface area contributed by atoms with E-state index in [0.29, 0.717) is 6.54 Å². The molecule has 1 saturated heterocycles. The van der Waals surface area contributed by atoms with Crippen LogP contribution in [0, 0.1) is 0 Å². The van der Waals surface area contributed by atoms with Crippen LogP contribution in [-0.4, -0.2) is 41.7 Å². The average Bonchev–Trinajstić information content (AvgIpc) is 3.04. The van der Waals surface area contributed by atoms with Crippen molar-refractivity contribution < 1.29 is 4.74 Å². The molecule has 1 aromatic rings. The molecule has 2 unspecified atom stereocenters. The molecule has 1 aromatic heterocycles. The number of hydrogen-bond donors (Lipinski definition) is 1. The van der Waals surface area contributed by atoms with E-state index in [9.17, 15) is 0 Å². The number of nitrogens with zero attached hydrogens (tertiary/aromatic N) is 2. The summed E-state index contributed by atoms with van der Waals surface area (Å²) in [6.45, 7) is 2.40. The zero-order valence-electron chi connectivity index (χ0n) is 9.21. The van der Waals surface area contributed by atoms with Crippen molar-refractivity contribution in [2.24, 2.45) is 5.73 Å². The molecular formula is C11H17N3OS. The van der Waals surface area contributed by atoms with Gasteiger partial charge in [-0.2, -0.15) is 0 Å². The quantitative estimate of drug-likeness (QED) is 0.855. The second-order valence-electron chi connectivity index (χ2n) is 4.43. The van der Waals surface area contributed by atoms with E-state index in [1.807, 2.05) is 11.6 Å². The highest BCUT2D eigenvalue weighted by Crippen LogP contribution is 2.39. The Morgan fingerprint density at radius 1 is 1.56 bits per heavy atom. The van der Waals surface area contributed by atoms with Crippen molar-refractivity contribution in [3.05, 3.63) is 16.6 Å². The van der Waals surface area contributed by atoms with Crippen LogP contribution in [0.2, 0.25) is 0 Å². The Hall–Kier alpha value is -0.490. The molecule has 16 heavy (non-hydrogen) atoms. The van der Waals surface area contributed by atoms with Gasteiger partial charge in [-0.05, 0) is 12.8 Å². The van der Waals surface area contributed by atoms with E-state index >= 15 is 0 Å². The van der Waals surface area contributed by atoms with Crippen LogP contribution < -0.4 is 5.73 Å². The third-order valence-electron chi connectivity index (χ3n) is 3.34. The first kappa shape index (κ1) is 10.7. The second-order valence-corrected chi connectivity index (χ2v) is 5.36. The third kappa shape index (κ3) is 1.88. The first-order valence-corrected chi connectivity index (χ1v) is 6.75. The molecule has 0 radical (unpaired) electrons. The van der Waals surface area contributed by atoms with Gasteiger partial charge in [-0.25, -0.2) is 4.98 Å². The highest BCUT2D eigenvalue weighted by atomic mass is 32.1. The predicted octanol–water partition coefficient (Wildman–Crippen LogP) is 1.01. The Kier molecular flexibility index (Phi) is 2.93. The topological polar surface area (TPSA) is 51.4 Å². The molecule has 2 aliphatic rings. The minimum absolute atomic E-state index is 0.112. The molecule has 0 amide bonds. The fraction of sp³-hybridized carbons (Fsp3) is 0.727. The molecular weight excluding hydrogens is 222 g/mol. The summed E-state index contributed by atoms with van der Waals surface area (Å²) < 4.78 is 5.77. The molecule has 5 heteroatoms. The summed E-state index contributed by atoms with van der Waals surface area (Å²) in [5, 5.41) is 3.19. The molecule has 88 valence electrons. The number of thiazole rings is 1. The lowest BCUT2D eigenvalue weighted by Gasteiger charge is -2.39. The maximum Gasteiger partial charge on any atom is 0.112 e. The molecule has 0 bridgehead atoms. The van der Waals surface area contributed by atoms with Crippen LogP contribution in [0.3, 0.4) is 0 Å². The minimum atomic E-state index is 0.112. The maximum absolute atomic E-state index is 5.81. The SMILES string of the molecule is NCC1OCCN(C2CC2)C1c1nccs1. The zero-order chi connectivity index (χ0) is 11.0. The standard InChI is InChI=1S/C11H17N3OS/c12-7-9-10(11-13-3-6-16-11)14(4-5-15-9)8-1-2-8/h3,6,8-10H,1-2,4-5,7,12H2. The number of morpholine rings is 1. The molecule has 2 atom stereocenters. The number of hydrogen-bond acceptors (Lipinski definition) is 5. The molecule has 3 rings (SSSR count). The average molecular weight is 239 g/mol. The third-order valence-corrected chi connectivity index (χ3v) is 4.19. The lowest BCUT2D eigenvalue weighted by Crippen LogP contribution is -2.49. The molecule has 0 spiro atoms. The van der Waals surface area contributed by atoms with Gasteiger partial charge in [-0.3, -0.25) is 4.90 Å². The monoisotopic (exact) mass is 239 g/mol. The zero-order valence-corrected chi connectivity index (χ0v) is 10.0. The van der Waals surface area contributed by atoms with Gasteiger partial charge in [0.05, 0.1) is 18.8 Å². The van der Waals surface area contributed by atoms with Gasteiger partial charge in [0.1, 0.15) is 5.01 Å². The molecule has 1 aliphatic carbocycles. The van der Waals surface area contributed by atoms with Crippen molar-refractivity contribution in [3.8, 4) is 0 Å². The van der Waals surface area contributed by atoms with Gasteiger partial charge in [0.2, 0.25) is 0 Å². The lowest BCUT2D eigenvalue weighted by molar-refractivity contribution is -0.0712. The van der Waals surface area contributed by atoms with E-state index in [2.05, 4.69) is 9.88 Å². The van der Waals surface area contributed by atoms with Gasteiger partial charge in [-0.15, -0.1) is 11.3 Å². The predicted molar refractivity (Wildman–Crippen MR) is 63.4 cm³/mol. The smallest absolute Gasteiger partial charge is 0.112 e. The first-order chi connectivity index (χ1) is 7.90. The second kappa shape index (κ2) is 4.41.